The maximum absolute atomic E-state index is 2.48. The third kappa shape index (κ3) is 10.4. The molecular weight excluding hydrogens is 1370 g/mol. The second-order valence-corrected chi connectivity index (χ2v) is 30.6. The van der Waals surface area contributed by atoms with Gasteiger partial charge in [0.25, 0.3) is 0 Å². The van der Waals surface area contributed by atoms with E-state index in [1.54, 1.807) is 0 Å². The van der Waals surface area contributed by atoms with Crippen molar-refractivity contribution in [1.29, 1.82) is 0 Å². The summed E-state index contributed by atoms with van der Waals surface area (Å²) in [6.45, 7) is 4.70. The van der Waals surface area contributed by atoms with Crippen LogP contribution in [0, 0.1) is 0 Å². The maximum atomic E-state index is 2.48. The molecule has 0 spiro atoms. The Labute approximate surface area is 657 Å². The Balaban J connectivity index is 0.000000140. The van der Waals surface area contributed by atoms with Gasteiger partial charge in [-0.1, -0.05) is 329 Å². The number of hydrogen-bond donors (Lipinski definition) is 0. The zero-order valence-corrected chi connectivity index (χ0v) is 62.5. The highest BCUT2D eigenvalue weighted by atomic mass is 15.1. The lowest BCUT2D eigenvalue weighted by Crippen LogP contribution is -2.16. The summed E-state index contributed by atoms with van der Waals surface area (Å²) in [5.74, 6) is 0. The van der Waals surface area contributed by atoms with Crippen LogP contribution in [0.1, 0.15) is 25.0 Å². The molecule has 3 aliphatic carbocycles. The standard InChI is InChI=1S/C59H42N2.C50H32N2/c1-59(2)53-26-14-13-23-49(53)50-37-36-45(38-54(50)59)60(42-18-7-4-8-19-42)43-32-28-39(29-33-43)40-30-34-44(35-31-40)61-55-27-15-25-51-47-21-10-9-20-46(47)48-22-11-12-24-52(48)57(56(51)55)58(61)41-16-5-3-6-17-41;1-2-13-35(14-3-1)50-49-44-20-7-6-17-40(44)38-15-4-5-16-39(38)43-21-12-24-47(48(43)49)52(50)37-31-27-34(28-32-37)33-25-29-36(30-26-33)51-45-22-10-8-18-41(45)42-19-9-11-23-46(42)51/h3-38H,1-2H3;1-32H. The van der Waals surface area contributed by atoms with Crippen LogP contribution in [-0.4, -0.2) is 13.7 Å². The van der Waals surface area contributed by atoms with Gasteiger partial charge in [0.1, 0.15) is 0 Å². The number of anilines is 3. The minimum Gasteiger partial charge on any atom is -0.310 e. The van der Waals surface area contributed by atoms with Gasteiger partial charge in [-0.2, -0.15) is 0 Å². The number of para-hydroxylation sites is 3. The van der Waals surface area contributed by atoms with Crippen molar-refractivity contribution >= 4 is 60.7 Å². The van der Waals surface area contributed by atoms with E-state index < -0.39 is 0 Å². The fraction of sp³-hybridized carbons (Fsp3) is 0.0275. The van der Waals surface area contributed by atoms with Crippen LogP contribution in [0.15, 0.2) is 413 Å². The molecule has 4 nitrogen and oxygen atoms in total. The summed E-state index contributed by atoms with van der Waals surface area (Å²) < 4.78 is 7.33. The van der Waals surface area contributed by atoms with Crippen LogP contribution in [0.3, 0.4) is 0 Å². The molecule has 530 valence electrons. The normalized spacial score (nSPS) is 12.4. The first kappa shape index (κ1) is 65.5. The predicted octanol–water partition coefficient (Wildman–Crippen LogP) is 29.4. The Hall–Kier alpha value is -14.6. The first-order valence-electron chi connectivity index (χ1n) is 39.2. The van der Waals surface area contributed by atoms with Crippen LogP contribution in [0.5, 0.6) is 0 Å². The molecule has 3 aromatic heterocycles. The summed E-state index contributed by atoms with van der Waals surface area (Å²) in [6.07, 6.45) is 0. The van der Waals surface area contributed by atoms with Crippen LogP contribution < -0.4 is 4.90 Å². The monoisotopic (exact) mass is 1440 g/mol. The van der Waals surface area contributed by atoms with E-state index in [-0.39, 0.29) is 5.41 Å². The third-order valence-electron chi connectivity index (χ3n) is 24.1. The first-order chi connectivity index (χ1) is 55.9. The van der Waals surface area contributed by atoms with E-state index in [0.29, 0.717) is 0 Å². The molecule has 0 aliphatic heterocycles. The Kier molecular flexibility index (Phi) is 15.3. The van der Waals surface area contributed by atoms with Crippen molar-refractivity contribution in [3.05, 3.63) is 424 Å². The Morgan fingerprint density at radius 2 is 0.513 bits per heavy atom. The van der Waals surface area contributed by atoms with Crippen molar-refractivity contribution in [2.24, 2.45) is 0 Å². The van der Waals surface area contributed by atoms with Crippen molar-refractivity contribution in [2.75, 3.05) is 4.90 Å². The first-order valence-corrected chi connectivity index (χ1v) is 39.2. The Bertz CT molecular complexity index is 7090. The molecule has 23 rings (SSSR count). The van der Waals surface area contributed by atoms with E-state index in [0.717, 1.165) is 34.1 Å². The second kappa shape index (κ2) is 26.3. The molecule has 4 heteroatoms. The molecule has 0 atom stereocenters. The van der Waals surface area contributed by atoms with Crippen LogP contribution in [0.25, 0.3) is 183 Å². The van der Waals surface area contributed by atoms with Gasteiger partial charge >= 0.3 is 0 Å². The highest BCUT2D eigenvalue weighted by molar-refractivity contribution is 6.20. The van der Waals surface area contributed by atoms with Gasteiger partial charge in [0.15, 0.2) is 0 Å². The maximum Gasteiger partial charge on any atom is 0.0619 e. The molecule has 20 aromatic rings. The zero-order chi connectivity index (χ0) is 74.8. The molecule has 113 heavy (non-hydrogen) atoms. The van der Waals surface area contributed by atoms with Crippen LogP contribution in [0.4, 0.5) is 17.1 Å². The lowest BCUT2D eigenvalue weighted by molar-refractivity contribution is 0.660. The molecular formula is C109H74N4. The van der Waals surface area contributed by atoms with Crippen molar-refractivity contribution in [2.45, 2.75) is 19.3 Å². The summed E-state index contributed by atoms with van der Waals surface area (Å²) in [6, 6.07) is 151. The number of nitrogens with zero attached hydrogens (tertiary/aromatic N) is 4. The molecule has 17 aromatic carbocycles. The van der Waals surface area contributed by atoms with Gasteiger partial charge in [-0.3, -0.25) is 0 Å². The van der Waals surface area contributed by atoms with Crippen molar-refractivity contribution in [3.63, 3.8) is 0 Å². The second-order valence-electron chi connectivity index (χ2n) is 30.6. The van der Waals surface area contributed by atoms with E-state index >= 15 is 0 Å². The molecule has 0 unspecified atom stereocenters. The molecule has 0 saturated heterocycles. The van der Waals surface area contributed by atoms with Gasteiger partial charge < -0.3 is 18.6 Å². The van der Waals surface area contributed by atoms with Crippen molar-refractivity contribution < 1.29 is 0 Å². The molecule has 3 heterocycles. The molecule has 0 N–H and O–H groups in total. The van der Waals surface area contributed by atoms with Crippen LogP contribution >= 0.6 is 0 Å². The summed E-state index contributed by atoms with van der Waals surface area (Å²) in [4.78, 5) is 2.38. The number of aromatic nitrogens is 3. The molecule has 0 amide bonds. The van der Waals surface area contributed by atoms with Crippen LogP contribution in [-0.2, 0) is 5.41 Å². The topological polar surface area (TPSA) is 18.0 Å². The van der Waals surface area contributed by atoms with E-state index in [4.69, 9.17) is 0 Å². The molecule has 0 radical (unpaired) electrons. The average molecular weight is 1440 g/mol. The average Bonchev–Trinajstić information content (AvgIpc) is 1.57. The molecule has 3 aliphatic rings. The quantitative estimate of drug-likeness (QED) is 0.133. The summed E-state index contributed by atoms with van der Waals surface area (Å²) in [5.41, 5.74) is 41.9. The van der Waals surface area contributed by atoms with Gasteiger partial charge in [-0.05, 0) is 208 Å². The number of fused-ring (bicyclic) bond motifs is 16. The number of benzene rings is 17. The van der Waals surface area contributed by atoms with Gasteiger partial charge in [-0.15, -0.1) is 0 Å². The third-order valence-corrected chi connectivity index (χ3v) is 24.1. The zero-order valence-electron chi connectivity index (χ0n) is 62.5. The highest BCUT2D eigenvalue weighted by Gasteiger charge is 2.37. The van der Waals surface area contributed by atoms with Crippen LogP contribution in [0.2, 0.25) is 0 Å². The van der Waals surface area contributed by atoms with E-state index in [2.05, 4.69) is 445 Å². The highest BCUT2D eigenvalue weighted by Crippen LogP contribution is 2.57. The lowest BCUT2D eigenvalue weighted by Gasteiger charge is -2.28. The summed E-state index contributed by atoms with van der Waals surface area (Å²) >= 11 is 0. The smallest absolute Gasteiger partial charge is 0.0619 e. The summed E-state index contributed by atoms with van der Waals surface area (Å²) in [5, 5.41) is 5.14. The lowest BCUT2D eigenvalue weighted by atomic mass is 9.82. The fourth-order valence-electron chi connectivity index (χ4n) is 19.0. The number of hydrogen-bond acceptors (Lipinski definition) is 1. The fourth-order valence-corrected chi connectivity index (χ4v) is 19.0. The van der Waals surface area contributed by atoms with Crippen molar-refractivity contribution in [1.82, 2.24) is 13.7 Å². The predicted molar refractivity (Wildman–Crippen MR) is 475 cm³/mol. The van der Waals surface area contributed by atoms with Gasteiger partial charge in [0.2, 0.25) is 0 Å². The minimum atomic E-state index is -0.0790. The van der Waals surface area contributed by atoms with Crippen molar-refractivity contribution in [3.8, 4) is 140 Å². The van der Waals surface area contributed by atoms with E-state index in [1.807, 2.05) is 0 Å². The largest absolute Gasteiger partial charge is 0.310 e. The molecule has 0 bridgehead atoms. The minimum absolute atomic E-state index is 0.0790. The Morgan fingerprint density at radius 3 is 0.965 bits per heavy atom. The number of rotatable bonds is 10. The molecule has 0 fully saturated rings. The summed E-state index contributed by atoms with van der Waals surface area (Å²) in [7, 11) is 0. The van der Waals surface area contributed by atoms with E-state index in [1.165, 1.54) is 177 Å². The SMILES string of the molecule is CC1(C)c2ccccc2-c2ccc(N(c3ccccc3)c3ccc(-c4ccc(-n5c(-c6ccccc6)c6c7c(cccc75)-c5ccccc5-c5ccccc5-6)cc4)cc3)cc21.c1ccc(-c2c3c4c(cccc4n2-c2ccc(-c4ccc(-n5c6ccccc6c6ccccc65)cc4)cc2)-c2ccccc2-c2ccccc2-3)cc1. The van der Waals surface area contributed by atoms with E-state index in [9.17, 15) is 0 Å². The molecule has 0 saturated carbocycles. The van der Waals surface area contributed by atoms with Gasteiger partial charge in [-0.25, -0.2) is 0 Å². The Morgan fingerprint density at radius 1 is 0.204 bits per heavy atom. The van der Waals surface area contributed by atoms with Gasteiger partial charge in [0, 0.05) is 72.2 Å². The van der Waals surface area contributed by atoms with Gasteiger partial charge in [0.05, 0.1) is 33.5 Å².